The summed E-state index contributed by atoms with van der Waals surface area (Å²) in [4.78, 5) is 0.997. The number of nitrogen functional groups attached to an aromatic ring is 2. The summed E-state index contributed by atoms with van der Waals surface area (Å²) in [6, 6.07) is 13.5. The predicted octanol–water partition coefficient (Wildman–Crippen LogP) is 3.17. The van der Waals surface area contributed by atoms with Crippen LogP contribution in [0, 0.1) is 0 Å². The van der Waals surface area contributed by atoms with Gasteiger partial charge in [-0.1, -0.05) is 18.2 Å². The van der Waals surface area contributed by atoms with Crippen LogP contribution in [0.3, 0.4) is 0 Å². The van der Waals surface area contributed by atoms with Crippen LogP contribution < -0.4 is 11.5 Å². The van der Waals surface area contributed by atoms with Crippen LogP contribution in [-0.4, -0.2) is 7.11 Å². The Labute approximate surface area is 105 Å². The van der Waals surface area contributed by atoms with Crippen LogP contribution in [0.5, 0.6) is 0 Å². The smallest absolute Gasteiger partial charge is 0.0508 e. The van der Waals surface area contributed by atoms with Crippen LogP contribution >= 0.6 is 12.0 Å². The average Bonchev–Trinajstić information content (AvgIpc) is 2.31. The molecule has 17 heavy (non-hydrogen) atoms. The number of anilines is 2. The van der Waals surface area contributed by atoms with E-state index in [0.29, 0.717) is 0 Å². The third-order valence-corrected chi connectivity index (χ3v) is 3.08. The summed E-state index contributed by atoms with van der Waals surface area (Å²) in [5.41, 5.74) is 15.1. The van der Waals surface area contributed by atoms with Crippen molar-refractivity contribution in [1.82, 2.24) is 0 Å². The molecule has 0 aromatic heterocycles. The van der Waals surface area contributed by atoms with E-state index in [1.165, 1.54) is 12.0 Å². The van der Waals surface area contributed by atoms with Gasteiger partial charge in [-0.2, -0.15) is 0 Å². The first-order valence-corrected chi connectivity index (χ1v) is 5.91. The van der Waals surface area contributed by atoms with Crippen LogP contribution in [0.2, 0.25) is 0 Å². The highest BCUT2D eigenvalue weighted by Crippen LogP contribution is 2.33. The van der Waals surface area contributed by atoms with Gasteiger partial charge in [0.2, 0.25) is 0 Å². The molecular formula is C13H14N2OS. The highest BCUT2D eigenvalue weighted by molar-refractivity contribution is 7.94. The van der Waals surface area contributed by atoms with E-state index in [9.17, 15) is 0 Å². The van der Waals surface area contributed by atoms with Crippen LogP contribution in [0.25, 0.3) is 11.1 Å². The summed E-state index contributed by atoms with van der Waals surface area (Å²) in [5.74, 6) is 0. The van der Waals surface area contributed by atoms with Crippen molar-refractivity contribution >= 4 is 23.4 Å². The van der Waals surface area contributed by atoms with Gasteiger partial charge in [0.05, 0.1) is 7.11 Å². The lowest BCUT2D eigenvalue weighted by molar-refractivity contribution is 0.490. The maximum atomic E-state index is 5.77. The Balaban J connectivity index is 2.46. The van der Waals surface area contributed by atoms with Gasteiger partial charge < -0.3 is 15.7 Å². The fraction of sp³-hybridized carbons (Fsp3) is 0.0769. The molecule has 0 atom stereocenters. The first kappa shape index (κ1) is 11.8. The molecule has 4 heteroatoms. The van der Waals surface area contributed by atoms with E-state index in [1.807, 2.05) is 42.5 Å². The minimum Gasteiger partial charge on any atom is -0.399 e. The van der Waals surface area contributed by atoms with Crippen LogP contribution in [0.1, 0.15) is 0 Å². The van der Waals surface area contributed by atoms with Crippen molar-refractivity contribution < 1.29 is 4.18 Å². The van der Waals surface area contributed by atoms with Gasteiger partial charge in [0.25, 0.3) is 0 Å². The van der Waals surface area contributed by atoms with Crippen molar-refractivity contribution in [1.29, 1.82) is 0 Å². The number of nitrogens with two attached hydrogens (primary N) is 2. The van der Waals surface area contributed by atoms with E-state index in [1.54, 1.807) is 7.11 Å². The zero-order chi connectivity index (χ0) is 12.3. The predicted molar refractivity (Wildman–Crippen MR) is 73.6 cm³/mol. The second kappa shape index (κ2) is 5.12. The largest absolute Gasteiger partial charge is 0.399 e. The van der Waals surface area contributed by atoms with Gasteiger partial charge in [-0.3, -0.25) is 0 Å². The zero-order valence-electron chi connectivity index (χ0n) is 9.51. The third-order valence-electron chi connectivity index (χ3n) is 2.40. The summed E-state index contributed by atoms with van der Waals surface area (Å²) in [6.45, 7) is 0. The number of hydrogen-bond acceptors (Lipinski definition) is 4. The first-order chi connectivity index (χ1) is 8.20. The molecule has 2 aromatic rings. The molecule has 0 aliphatic rings. The molecular weight excluding hydrogens is 232 g/mol. The topological polar surface area (TPSA) is 61.3 Å². The number of benzene rings is 2. The lowest BCUT2D eigenvalue weighted by Crippen LogP contribution is -1.89. The normalized spacial score (nSPS) is 10.4. The molecule has 0 aliphatic carbocycles. The van der Waals surface area contributed by atoms with E-state index >= 15 is 0 Å². The van der Waals surface area contributed by atoms with Crippen molar-refractivity contribution in [3.63, 3.8) is 0 Å². The van der Waals surface area contributed by atoms with Crippen molar-refractivity contribution in [2.45, 2.75) is 4.90 Å². The van der Waals surface area contributed by atoms with E-state index < -0.39 is 0 Å². The van der Waals surface area contributed by atoms with Gasteiger partial charge in [-0.25, -0.2) is 0 Å². The second-order valence-electron chi connectivity index (χ2n) is 3.63. The molecule has 3 nitrogen and oxygen atoms in total. The molecule has 4 N–H and O–H groups in total. The summed E-state index contributed by atoms with van der Waals surface area (Å²) >= 11 is 1.30. The standard InChI is InChI=1S/C13H14N2OS/c1-16-17-13-8-11(15)6-7-12(13)9-2-4-10(14)5-3-9/h2-8H,14-15H2,1H3. The minimum absolute atomic E-state index is 0.726. The number of hydrogen-bond donors (Lipinski definition) is 2. The molecule has 88 valence electrons. The highest BCUT2D eigenvalue weighted by atomic mass is 32.2. The van der Waals surface area contributed by atoms with Gasteiger partial charge in [-0.05, 0) is 35.4 Å². The summed E-state index contributed by atoms with van der Waals surface area (Å²) in [5, 5.41) is 0. The molecule has 0 radical (unpaired) electrons. The molecule has 0 saturated carbocycles. The lowest BCUT2D eigenvalue weighted by Gasteiger charge is -2.09. The monoisotopic (exact) mass is 246 g/mol. The molecule has 0 amide bonds. The second-order valence-corrected chi connectivity index (χ2v) is 4.57. The van der Waals surface area contributed by atoms with Gasteiger partial charge in [0.1, 0.15) is 0 Å². The van der Waals surface area contributed by atoms with Gasteiger partial charge in [-0.15, -0.1) is 0 Å². The Kier molecular flexibility index (Phi) is 3.56. The SMILES string of the molecule is COSc1cc(N)ccc1-c1ccc(N)cc1. The van der Waals surface area contributed by atoms with Crippen molar-refractivity contribution in [3.05, 3.63) is 42.5 Å². The van der Waals surface area contributed by atoms with Gasteiger partial charge in [0.15, 0.2) is 0 Å². The molecule has 0 aliphatic heterocycles. The maximum absolute atomic E-state index is 5.77. The fourth-order valence-corrected chi connectivity index (χ4v) is 2.24. The molecule has 0 fully saturated rings. The molecule has 0 heterocycles. The molecule has 0 spiro atoms. The maximum Gasteiger partial charge on any atom is 0.0508 e. The Morgan fingerprint density at radius 1 is 0.941 bits per heavy atom. The third kappa shape index (κ3) is 2.72. The van der Waals surface area contributed by atoms with Crippen molar-refractivity contribution in [2.24, 2.45) is 0 Å². The number of rotatable bonds is 3. The Hall–Kier alpha value is -1.65. The van der Waals surface area contributed by atoms with Gasteiger partial charge in [0, 0.05) is 28.3 Å². The highest BCUT2D eigenvalue weighted by Gasteiger charge is 2.06. The van der Waals surface area contributed by atoms with Crippen molar-refractivity contribution in [2.75, 3.05) is 18.6 Å². The molecule has 0 unspecified atom stereocenters. The van der Waals surface area contributed by atoms with E-state index in [4.69, 9.17) is 15.7 Å². The molecule has 0 bridgehead atoms. The molecule has 2 aromatic carbocycles. The van der Waals surface area contributed by atoms with E-state index in [0.717, 1.165) is 27.4 Å². The van der Waals surface area contributed by atoms with Gasteiger partial charge >= 0.3 is 0 Å². The Morgan fingerprint density at radius 2 is 1.59 bits per heavy atom. The quantitative estimate of drug-likeness (QED) is 0.645. The molecule has 2 rings (SSSR count). The minimum atomic E-state index is 0.726. The molecule has 0 saturated heterocycles. The fourth-order valence-electron chi connectivity index (χ4n) is 1.60. The lowest BCUT2D eigenvalue weighted by atomic mass is 10.1. The van der Waals surface area contributed by atoms with Crippen molar-refractivity contribution in [3.8, 4) is 11.1 Å². The first-order valence-electron chi connectivity index (χ1n) is 5.17. The average molecular weight is 246 g/mol. The summed E-state index contributed by atoms with van der Waals surface area (Å²) in [6.07, 6.45) is 0. The van der Waals surface area contributed by atoms with Crippen LogP contribution in [-0.2, 0) is 4.18 Å². The van der Waals surface area contributed by atoms with E-state index in [2.05, 4.69) is 0 Å². The van der Waals surface area contributed by atoms with Crippen LogP contribution in [0.15, 0.2) is 47.4 Å². The Morgan fingerprint density at radius 3 is 2.24 bits per heavy atom. The van der Waals surface area contributed by atoms with Crippen LogP contribution in [0.4, 0.5) is 11.4 Å². The summed E-state index contributed by atoms with van der Waals surface area (Å²) < 4.78 is 5.11. The zero-order valence-corrected chi connectivity index (χ0v) is 10.3. The Bertz CT molecular complexity index is 511. The van der Waals surface area contributed by atoms with E-state index in [-0.39, 0.29) is 0 Å². The summed E-state index contributed by atoms with van der Waals surface area (Å²) in [7, 11) is 1.64.